The minimum atomic E-state index is -0.164. The van der Waals surface area contributed by atoms with Crippen LogP contribution in [0.25, 0.3) is 44.1 Å². The molecule has 2 aliphatic rings. The zero-order valence-corrected chi connectivity index (χ0v) is 34.9. The number of aromatic nitrogens is 2. The Morgan fingerprint density at radius 1 is 0.431 bits per heavy atom. The van der Waals surface area contributed by atoms with E-state index in [4.69, 9.17) is 9.97 Å². The molecule has 4 nitrogen and oxygen atoms in total. The van der Waals surface area contributed by atoms with Crippen molar-refractivity contribution in [3.8, 4) is 22.5 Å². The molecule has 7 aromatic carbocycles. The van der Waals surface area contributed by atoms with Gasteiger partial charge in [-0.05, 0) is 112 Å². The number of anilines is 6. The molecular weight excluding hydrogens is 886 g/mol. The van der Waals surface area contributed by atoms with Crippen LogP contribution in [-0.4, -0.2) is 16.7 Å². The third-order valence-electron chi connectivity index (χ3n) is 11.9. The van der Waals surface area contributed by atoms with E-state index in [0.29, 0.717) is 0 Å². The summed E-state index contributed by atoms with van der Waals surface area (Å²) in [6, 6.07) is 58.2. The van der Waals surface area contributed by atoms with Crippen LogP contribution in [0.3, 0.4) is 0 Å². The Morgan fingerprint density at radius 2 is 0.828 bits per heavy atom. The first kappa shape index (κ1) is 36.1. The van der Waals surface area contributed by atoms with E-state index in [1.165, 1.54) is 39.1 Å². The van der Waals surface area contributed by atoms with Gasteiger partial charge in [-0.3, -0.25) is 0 Å². The predicted molar refractivity (Wildman–Crippen MR) is 239 cm³/mol. The molecule has 0 N–H and O–H groups in total. The molecule has 0 saturated heterocycles. The van der Waals surface area contributed by atoms with E-state index >= 15 is 0 Å². The molecule has 278 valence electrons. The van der Waals surface area contributed by atoms with Gasteiger partial charge in [-0.2, -0.15) is 0 Å². The van der Waals surface area contributed by atoms with E-state index in [1.54, 1.807) is 0 Å². The Labute approximate surface area is 354 Å². The molecule has 58 heavy (non-hydrogen) atoms. The van der Waals surface area contributed by atoms with Crippen LogP contribution in [-0.2, 0) is 21.1 Å². The van der Waals surface area contributed by atoms with Gasteiger partial charge in [0.15, 0.2) is 0 Å². The molecule has 2 aromatic heterocycles. The number of pyridine rings is 2. The zero-order valence-electron chi connectivity index (χ0n) is 32.6. The van der Waals surface area contributed by atoms with Crippen molar-refractivity contribution in [3.63, 3.8) is 0 Å². The Kier molecular flexibility index (Phi) is 8.69. The van der Waals surface area contributed by atoms with Gasteiger partial charge in [0.05, 0.1) is 0 Å². The molecule has 0 unspecified atom stereocenters. The fourth-order valence-corrected chi connectivity index (χ4v) is 9.31. The maximum atomic E-state index is 4.98. The number of hydrogen-bond donors (Lipinski definition) is 0. The Hall–Kier alpha value is -6.29. The fourth-order valence-electron chi connectivity index (χ4n) is 9.31. The van der Waals surface area contributed by atoms with Crippen molar-refractivity contribution in [1.82, 2.24) is 9.97 Å². The van der Waals surface area contributed by atoms with Crippen LogP contribution in [0.4, 0.5) is 34.1 Å². The van der Waals surface area contributed by atoms with Crippen molar-refractivity contribution >= 4 is 78.8 Å². The second-order valence-electron chi connectivity index (χ2n) is 15.5. The minimum Gasteiger partial charge on any atom is -0.352 e. The van der Waals surface area contributed by atoms with Crippen LogP contribution < -0.4 is 26.2 Å². The molecule has 9 aromatic rings. The molecule has 0 fully saturated rings. The second kappa shape index (κ2) is 14.0. The minimum absolute atomic E-state index is 0. The summed E-state index contributed by atoms with van der Waals surface area (Å²) >= 11 is 0. The Bertz CT molecular complexity index is 2880. The molecule has 11 rings (SSSR count). The summed E-state index contributed by atoms with van der Waals surface area (Å²) in [5.74, 6) is 0. The molecule has 0 bridgehead atoms. The molecular formula is C52H37BN4Pt. The zero-order chi connectivity index (χ0) is 38.4. The van der Waals surface area contributed by atoms with Gasteiger partial charge in [-0.25, -0.2) is 0 Å². The molecule has 6 heteroatoms. The maximum Gasteiger partial charge on any atom is 2.00 e. The van der Waals surface area contributed by atoms with Gasteiger partial charge >= 0.3 is 21.1 Å². The summed E-state index contributed by atoms with van der Waals surface area (Å²) in [5, 5.41) is 4.56. The maximum absolute atomic E-state index is 4.98. The third-order valence-corrected chi connectivity index (χ3v) is 11.9. The number of nitrogens with zero attached hydrogens (tertiary/aromatic N) is 4. The monoisotopic (exact) mass is 923 g/mol. The molecule has 4 heterocycles. The van der Waals surface area contributed by atoms with Crippen LogP contribution in [0.15, 0.2) is 152 Å². The first-order chi connectivity index (χ1) is 27.9. The smallest absolute Gasteiger partial charge is 0.352 e. The van der Waals surface area contributed by atoms with Crippen molar-refractivity contribution in [2.45, 2.75) is 27.7 Å². The van der Waals surface area contributed by atoms with Crippen LogP contribution in [0.2, 0.25) is 0 Å². The van der Waals surface area contributed by atoms with Gasteiger partial charge in [0.25, 0.3) is 0 Å². The van der Waals surface area contributed by atoms with Crippen molar-refractivity contribution in [2.24, 2.45) is 0 Å². The molecule has 0 atom stereocenters. The van der Waals surface area contributed by atoms with E-state index < -0.39 is 0 Å². The van der Waals surface area contributed by atoms with E-state index in [2.05, 4.69) is 189 Å². The molecule has 0 saturated carbocycles. The molecule has 0 aliphatic carbocycles. The van der Waals surface area contributed by atoms with E-state index in [1.807, 2.05) is 12.4 Å². The number of rotatable bonds is 4. The van der Waals surface area contributed by atoms with E-state index in [9.17, 15) is 0 Å². The topological polar surface area (TPSA) is 32.3 Å². The van der Waals surface area contributed by atoms with Crippen molar-refractivity contribution in [1.29, 1.82) is 0 Å². The van der Waals surface area contributed by atoms with E-state index in [0.717, 1.165) is 77.7 Å². The summed E-state index contributed by atoms with van der Waals surface area (Å²) in [6.45, 7) is 8.71. The third kappa shape index (κ3) is 5.56. The van der Waals surface area contributed by atoms with Crippen molar-refractivity contribution in [2.75, 3.05) is 9.80 Å². The Morgan fingerprint density at radius 3 is 1.26 bits per heavy atom. The van der Waals surface area contributed by atoms with Gasteiger partial charge in [0.2, 0.25) is 6.71 Å². The fraction of sp³-hybridized carbons (Fsp3) is 0.0769. The van der Waals surface area contributed by atoms with Gasteiger partial charge in [0.1, 0.15) is 0 Å². The van der Waals surface area contributed by atoms with Crippen molar-refractivity contribution in [3.05, 3.63) is 186 Å². The first-order valence-electron chi connectivity index (χ1n) is 19.6. The van der Waals surface area contributed by atoms with Crippen molar-refractivity contribution < 1.29 is 21.1 Å². The standard InChI is InChI=1S/C52H37BN4.Pt/c1-32-12-9-13-33(2)51(32)56-46-24-22-38(44-28-36-16-5-7-18-40(36)30-54-44)26-42(46)53-43-27-39(45-29-37-17-6-8-19-41(37)31-55-45)23-25-47(43)57(49-21-11-20-48(56)50(49)53)52-34(3)14-10-15-35(52)4;/h5-25,28-31H,1-4H3;/q-2;+2. The van der Waals surface area contributed by atoms with Gasteiger partial charge in [-0.15, -0.1) is 58.5 Å². The summed E-state index contributed by atoms with van der Waals surface area (Å²) in [5.41, 5.74) is 19.0. The number of hydrogen-bond acceptors (Lipinski definition) is 4. The predicted octanol–water partition coefficient (Wildman–Crippen LogP) is 11.0. The number of aryl methyl sites for hydroxylation is 4. The molecule has 0 radical (unpaired) electrons. The second-order valence-corrected chi connectivity index (χ2v) is 15.5. The van der Waals surface area contributed by atoms with Gasteiger partial charge < -0.3 is 19.8 Å². The van der Waals surface area contributed by atoms with Crippen LogP contribution >= 0.6 is 0 Å². The molecule has 0 amide bonds. The largest absolute Gasteiger partial charge is 2.00 e. The number of para-hydroxylation sites is 2. The van der Waals surface area contributed by atoms with Gasteiger partial charge in [0, 0.05) is 35.1 Å². The summed E-state index contributed by atoms with van der Waals surface area (Å²) in [7, 11) is 0. The molecule has 0 spiro atoms. The van der Waals surface area contributed by atoms with Crippen LogP contribution in [0.5, 0.6) is 0 Å². The number of benzene rings is 7. The summed E-state index contributed by atoms with van der Waals surface area (Å²) < 4.78 is 0. The molecule has 2 aliphatic heterocycles. The quantitative estimate of drug-likeness (QED) is 0.130. The van der Waals surface area contributed by atoms with Crippen LogP contribution in [0, 0.1) is 39.8 Å². The summed E-state index contributed by atoms with van der Waals surface area (Å²) in [6.07, 6.45) is 3.95. The summed E-state index contributed by atoms with van der Waals surface area (Å²) in [4.78, 5) is 14.9. The van der Waals surface area contributed by atoms with E-state index in [-0.39, 0.29) is 27.8 Å². The average molecular weight is 924 g/mol. The first-order valence-corrected chi connectivity index (χ1v) is 19.6. The average Bonchev–Trinajstić information content (AvgIpc) is 3.24. The number of fused-ring (bicyclic) bond motifs is 6. The SMILES string of the molecule is Cc1cccc(C)c1N1c2ccc(-c3cc4ccccc4cn3)[c-]c2B2c3[c-]c(-c4cc5ccccc5cn4)ccc3N(c3c(C)cccc3C)c3cccc1c32.[Pt+2]. The van der Waals surface area contributed by atoms with Crippen LogP contribution in [0.1, 0.15) is 22.3 Å². The normalized spacial score (nSPS) is 12.6. The Balaban J connectivity index is 0.00000408. The van der Waals surface area contributed by atoms with Gasteiger partial charge in [-0.1, -0.05) is 103 Å².